The third-order valence-corrected chi connectivity index (χ3v) is 2.71. The standard InChI is InChI=1S/C14H13ClN2O/c1-2-3-7-17-10-13(18)9-14(16-17)11-5-4-6-12(15)8-11/h4-6,8H,2,9-10H2,1H3. The van der Waals surface area contributed by atoms with Gasteiger partial charge in [0, 0.05) is 17.5 Å². The molecule has 2 rings (SSSR count). The summed E-state index contributed by atoms with van der Waals surface area (Å²) in [5, 5.41) is 6.52. The van der Waals surface area contributed by atoms with Crippen LogP contribution in [0.25, 0.3) is 0 Å². The van der Waals surface area contributed by atoms with Crippen molar-refractivity contribution in [3.63, 3.8) is 0 Å². The van der Waals surface area contributed by atoms with E-state index in [0.29, 0.717) is 11.4 Å². The van der Waals surface area contributed by atoms with Gasteiger partial charge in [0.05, 0.1) is 12.1 Å². The lowest BCUT2D eigenvalue weighted by molar-refractivity contribution is -0.118. The van der Waals surface area contributed by atoms with E-state index in [1.165, 1.54) is 5.01 Å². The van der Waals surface area contributed by atoms with E-state index in [1.807, 2.05) is 25.1 Å². The van der Waals surface area contributed by atoms with E-state index in [0.717, 1.165) is 17.7 Å². The van der Waals surface area contributed by atoms with Gasteiger partial charge in [-0.1, -0.05) is 36.6 Å². The summed E-state index contributed by atoms with van der Waals surface area (Å²) in [5.41, 5.74) is 1.60. The van der Waals surface area contributed by atoms with Gasteiger partial charge in [-0.25, -0.2) is 5.01 Å². The van der Waals surface area contributed by atoms with E-state index in [4.69, 9.17) is 11.6 Å². The van der Waals surface area contributed by atoms with E-state index < -0.39 is 0 Å². The van der Waals surface area contributed by atoms with Crippen molar-refractivity contribution < 1.29 is 4.79 Å². The minimum absolute atomic E-state index is 0.116. The molecule has 1 aromatic rings. The van der Waals surface area contributed by atoms with Crippen LogP contribution in [0, 0.1) is 12.0 Å². The predicted octanol–water partition coefficient (Wildman–Crippen LogP) is 2.69. The second-order valence-electron chi connectivity index (χ2n) is 3.97. The van der Waals surface area contributed by atoms with Crippen LogP contribution in [0.15, 0.2) is 29.4 Å². The highest BCUT2D eigenvalue weighted by Gasteiger charge is 2.19. The van der Waals surface area contributed by atoms with Crippen LogP contribution in [0.1, 0.15) is 25.3 Å². The summed E-state index contributed by atoms with van der Waals surface area (Å²) in [7, 11) is 0. The largest absolute Gasteiger partial charge is 0.297 e. The molecule has 3 nitrogen and oxygen atoms in total. The highest BCUT2D eigenvalue weighted by Crippen LogP contribution is 2.16. The van der Waals surface area contributed by atoms with Gasteiger partial charge in [0.25, 0.3) is 0 Å². The predicted molar refractivity (Wildman–Crippen MR) is 72.4 cm³/mol. The number of nitrogens with zero attached hydrogens (tertiary/aromatic N) is 2. The molecule has 1 aliphatic rings. The van der Waals surface area contributed by atoms with Gasteiger partial charge in [-0.2, -0.15) is 5.10 Å². The number of carbonyl (C=O) groups is 1. The summed E-state index contributed by atoms with van der Waals surface area (Å²) >= 11 is 5.94. The van der Waals surface area contributed by atoms with E-state index in [1.54, 1.807) is 6.07 Å². The SMILES string of the molecule is CCC#CN1CC(=O)CC(c2cccc(Cl)c2)=N1. The number of hydrazone groups is 1. The molecule has 0 radical (unpaired) electrons. The maximum Gasteiger partial charge on any atom is 0.161 e. The molecule has 4 heteroatoms. The number of halogens is 1. The molecule has 0 N–H and O–H groups in total. The second kappa shape index (κ2) is 5.70. The minimum atomic E-state index is 0.116. The van der Waals surface area contributed by atoms with Gasteiger partial charge in [-0.3, -0.25) is 4.79 Å². The molecule has 1 aromatic carbocycles. The molecule has 0 amide bonds. The highest BCUT2D eigenvalue weighted by molar-refractivity contribution is 6.31. The van der Waals surface area contributed by atoms with Crippen molar-refractivity contribution in [2.24, 2.45) is 5.10 Å². The Morgan fingerprint density at radius 3 is 3.06 bits per heavy atom. The molecule has 0 aromatic heterocycles. The number of rotatable bonds is 1. The molecule has 0 aliphatic carbocycles. The minimum Gasteiger partial charge on any atom is -0.297 e. The molecule has 1 aliphatic heterocycles. The first-order valence-electron chi connectivity index (χ1n) is 5.80. The molecule has 0 saturated heterocycles. The highest BCUT2D eigenvalue weighted by atomic mass is 35.5. The summed E-state index contributed by atoms with van der Waals surface area (Å²) in [5.74, 6) is 3.03. The fraction of sp³-hybridized carbons (Fsp3) is 0.286. The van der Waals surface area contributed by atoms with Crippen molar-refractivity contribution in [1.29, 1.82) is 0 Å². The van der Waals surface area contributed by atoms with Gasteiger partial charge in [0.1, 0.15) is 6.54 Å². The number of Topliss-reactive ketones (excluding diaryl/α,β-unsaturated/α-hetero) is 1. The second-order valence-corrected chi connectivity index (χ2v) is 4.41. The van der Waals surface area contributed by atoms with Gasteiger partial charge < -0.3 is 0 Å². The third-order valence-electron chi connectivity index (χ3n) is 2.47. The first kappa shape index (κ1) is 12.7. The van der Waals surface area contributed by atoms with Crippen LogP contribution >= 0.6 is 11.6 Å². The molecule has 0 saturated carbocycles. The third kappa shape index (κ3) is 3.12. The number of hydrogen-bond acceptors (Lipinski definition) is 3. The van der Waals surface area contributed by atoms with Crippen molar-refractivity contribution in [2.45, 2.75) is 19.8 Å². The fourth-order valence-corrected chi connectivity index (χ4v) is 1.88. The lowest BCUT2D eigenvalue weighted by atomic mass is 10.0. The Morgan fingerprint density at radius 2 is 2.33 bits per heavy atom. The number of benzene rings is 1. The lowest BCUT2D eigenvalue weighted by Crippen LogP contribution is -2.30. The van der Waals surface area contributed by atoms with Crippen LogP contribution < -0.4 is 0 Å². The average Bonchev–Trinajstić information content (AvgIpc) is 2.36. The maximum atomic E-state index is 11.7. The molecule has 0 unspecified atom stereocenters. The molecule has 0 bridgehead atoms. The Bertz CT molecular complexity index is 554. The summed E-state index contributed by atoms with van der Waals surface area (Å²) in [6.07, 6.45) is 1.08. The first-order chi connectivity index (χ1) is 8.69. The molecule has 92 valence electrons. The molecule has 18 heavy (non-hydrogen) atoms. The molecule has 0 atom stereocenters. The normalized spacial score (nSPS) is 14.9. The van der Waals surface area contributed by atoms with Crippen molar-refractivity contribution in [2.75, 3.05) is 6.54 Å². The smallest absolute Gasteiger partial charge is 0.161 e. The summed E-state index contributed by atoms with van der Waals surface area (Å²) in [6.45, 7) is 2.22. The van der Waals surface area contributed by atoms with Crippen LogP contribution in [0.5, 0.6) is 0 Å². The van der Waals surface area contributed by atoms with Crippen molar-refractivity contribution in [1.82, 2.24) is 5.01 Å². The van der Waals surface area contributed by atoms with E-state index in [2.05, 4.69) is 17.1 Å². The van der Waals surface area contributed by atoms with E-state index in [-0.39, 0.29) is 12.3 Å². The fourth-order valence-electron chi connectivity index (χ4n) is 1.69. The van der Waals surface area contributed by atoms with Crippen molar-refractivity contribution >= 4 is 23.1 Å². The maximum absolute atomic E-state index is 11.7. The Labute approximate surface area is 111 Å². The van der Waals surface area contributed by atoms with Crippen LogP contribution in [-0.2, 0) is 4.79 Å². The monoisotopic (exact) mass is 260 g/mol. The van der Waals surface area contributed by atoms with Crippen LogP contribution in [0.4, 0.5) is 0 Å². The Hall–Kier alpha value is -1.79. The van der Waals surface area contributed by atoms with Crippen molar-refractivity contribution in [3.8, 4) is 12.0 Å². The molecule has 1 heterocycles. The van der Waals surface area contributed by atoms with Gasteiger partial charge in [0.15, 0.2) is 5.78 Å². The summed E-state index contributed by atoms with van der Waals surface area (Å²) < 4.78 is 0. The van der Waals surface area contributed by atoms with E-state index in [9.17, 15) is 4.79 Å². The van der Waals surface area contributed by atoms with Crippen molar-refractivity contribution in [3.05, 3.63) is 34.9 Å². The Balaban J connectivity index is 2.31. The molecular formula is C14H13ClN2O. The quantitative estimate of drug-likeness (QED) is 0.728. The number of carbonyl (C=O) groups excluding carboxylic acids is 1. The summed E-state index contributed by atoms with van der Waals surface area (Å²) in [6, 6.07) is 10.2. The van der Waals surface area contributed by atoms with Gasteiger partial charge >= 0.3 is 0 Å². The Morgan fingerprint density at radius 1 is 1.50 bits per heavy atom. The molecular weight excluding hydrogens is 248 g/mol. The topological polar surface area (TPSA) is 32.7 Å². The van der Waals surface area contributed by atoms with Gasteiger partial charge in [0.2, 0.25) is 0 Å². The average molecular weight is 261 g/mol. The first-order valence-corrected chi connectivity index (χ1v) is 6.18. The van der Waals surface area contributed by atoms with Gasteiger partial charge in [-0.05, 0) is 17.7 Å². The number of ketones is 1. The zero-order valence-electron chi connectivity index (χ0n) is 10.1. The van der Waals surface area contributed by atoms with E-state index >= 15 is 0 Å². The number of hydrogen-bond donors (Lipinski definition) is 0. The lowest BCUT2D eigenvalue weighted by Gasteiger charge is -2.19. The van der Waals surface area contributed by atoms with Gasteiger partial charge in [-0.15, -0.1) is 0 Å². The van der Waals surface area contributed by atoms with Crippen LogP contribution in [0.3, 0.4) is 0 Å². The van der Waals surface area contributed by atoms with Crippen LogP contribution in [0.2, 0.25) is 5.02 Å². The molecule has 0 fully saturated rings. The Kier molecular flexibility index (Phi) is 4.01. The zero-order valence-corrected chi connectivity index (χ0v) is 10.9. The zero-order chi connectivity index (χ0) is 13.0. The molecule has 0 spiro atoms. The van der Waals surface area contributed by atoms with Crippen LogP contribution in [-0.4, -0.2) is 23.0 Å². The summed E-state index contributed by atoms with van der Waals surface area (Å²) in [4.78, 5) is 11.7.